The molecule has 1 aliphatic heterocycles. The number of hydrogen-bond donors (Lipinski definition) is 0. The van der Waals surface area contributed by atoms with Crippen molar-refractivity contribution in [1.29, 1.82) is 0 Å². The average molecular weight is 446 g/mol. The van der Waals surface area contributed by atoms with Crippen molar-refractivity contribution >= 4 is 11.6 Å². The lowest BCUT2D eigenvalue weighted by atomic mass is 10.1. The summed E-state index contributed by atoms with van der Waals surface area (Å²) in [7, 11) is 0. The summed E-state index contributed by atoms with van der Waals surface area (Å²) < 4.78 is 32.9. The van der Waals surface area contributed by atoms with Gasteiger partial charge in [-0.3, -0.25) is 4.79 Å². The van der Waals surface area contributed by atoms with E-state index in [-0.39, 0.29) is 29.3 Å². The maximum Gasteiger partial charge on any atom is 0.258 e. The highest BCUT2D eigenvalue weighted by Crippen LogP contribution is 2.25. The minimum Gasteiger partial charge on any atom is -0.366 e. The van der Waals surface area contributed by atoms with E-state index in [1.165, 1.54) is 18.2 Å². The SMILES string of the molecule is O=C(c1cccc(-c2nc(-c3cccc(F)c3)no2)c1)N1CCN(c2ccccc2F)CC1. The van der Waals surface area contributed by atoms with Crippen LogP contribution in [-0.2, 0) is 0 Å². The largest absolute Gasteiger partial charge is 0.366 e. The van der Waals surface area contributed by atoms with Crippen molar-refractivity contribution in [1.82, 2.24) is 15.0 Å². The van der Waals surface area contributed by atoms with Crippen LogP contribution >= 0.6 is 0 Å². The molecule has 1 aliphatic rings. The van der Waals surface area contributed by atoms with E-state index in [1.807, 2.05) is 4.90 Å². The predicted octanol–water partition coefficient (Wildman–Crippen LogP) is 4.64. The first-order valence-corrected chi connectivity index (χ1v) is 10.6. The second kappa shape index (κ2) is 8.82. The molecule has 0 radical (unpaired) electrons. The van der Waals surface area contributed by atoms with E-state index < -0.39 is 0 Å². The molecular weight excluding hydrogens is 426 g/mol. The molecule has 0 bridgehead atoms. The van der Waals surface area contributed by atoms with Gasteiger partial charge in [0.2, 0.25) is 5.82 Å². The molecule has 0 atom stereocenters. The Balaban J connectivity index is 1.30. The maximum atomic E-state index is 14.1. The summed E-state index contributed by atoms with van der Waals surface area (Å²) in [5.74, 6) is -0.252. The van der Waals surface area contributed by atoms with Gasteiger partial charge in [-0.1, -0.05) is 35.5 Å². The summed E-state index contributed by atoms with van der Waals surface area (Å²) in [6.45, 7) is 2.07. The van der Waals surface area contributed by atoms with E-state index in [1.54, 1.807) is 59.5 Å². The molecule has 1 aromatic heterocycles. The van der Waals surface area contributed by atoms with Gasteiger partial charge >= 0.3 is 0 Å². The zero-order valence-electron chi connectivity index (χ0n) is 17.6. The molecule has 33 heavy (non-hydrogen) atoms. The molecule has 0 aliphatic carbocycles. The Hall–Kier alpha value is -4.07. The van der Waals surface area contributed by atoms with E-state index >= 15 is 0 Å². The number of carbonyl (C=O) groups is 1. The number of carbonyl (C=O) groups excluding carboxylic acids is 1. The molecule has 1 fully saturated rings. The lowest BCUT2D eigenvalue weighted by molar-refractivity contribution is 0.0746. The number of aromatic nitrogens is 2. The van der Waals surface area contributed by atoms with Crippen LogP contribution in [0, 0.1) is 11.6 Å². The Morgan fingerprint density at radius 1 is 0.848 bits per heavy atom. The smallest absolute Gasteiger partial charge is 0.258 e. The Labute approximate surface area is 189 Å². The quantitative estimate of drug-likeness (QED) is 0.457. The van der Waals surface area contributed by atoms with Crippen molar-refractivity contribution in [2.75, 3.05) is 31.1 Å². The number of amides is 1. The van der Waals surface area contributed by atoms with E-state index in [4.69, 9.17) is 4.52 Å². The van der Waals surface area contributed by atoms with Gasteiger partial charge < -0.3 is 14.3 Å². The van der Waals surface area contributed by atoms with Crippen molar-refractivity contribution in [3.8, 4) is 22.8 Å². The average Bonchev–Trinajstić information content (AvgIpc) is 3.35. The lowest BCUT2D eigenvalue weighted by Crippen LogP contribution is -2.49. The zero-order valence-corrected chi connectivity index (χ0v) is 17.6. The van der Waals surface area contributed by atoms with Gasteiger partial charge in [0.05, 0.1) is 5.69 Å². The van der Waals surface area contributed by atoms with Crippen LogP contribution in [0.5, 0.6) is 0 Å². The van der Waals surface area contributed by atoms with Crippen LogP contribution in [0.15, 0.2) is 77.3 Å². The van der Waals surface area contributed by atoms with Crippen LogP contribution in [0.2, 0.25) is 0 Å². The molecule has 0 unspecified atom stereocenters. The van der Waals surface area contributed by atoms with Crippen LogP contribution in [0.4, 0.5) is 14.5 Å². The van der Waals surface area contributed by atoms with Gasteiger partial charge in [0.15, 0.2) is 0 Å². The number of piperazine rings is 1. The normalized spacial score (nSPS) is 13.9. The van der Waals surface area contributed by atoms with Crippen molar-refractivity contribution < 1.29 is 18.1 Å². The van der Waals surface area contributed by atoms with Gasteiger partial charge in [-0.15, -0.1) is 0 Å². The highest BCUT2D eigenvalue weighted by molar-refractivity contribution is 5.95. The molecule has 1 saturated heterocycles. The summed E-state index contributed by atoms with van der Waals surface area (Å²) in [6.07, 6.45) is 0. The number of para-hydroxylation sites is 1. The number of rotatable bonds is 4. The van der Waals surface area contributed by atoms with E-state index in [0.29, 0.717) is 48.6 Å². The number of halogens is 2. The van der Waals surface area contributed by atoms with Crippen molar-refractivity contribution in [2.24, 2.45) is 0 Å². The number of anilines is 1. The van der Waals surface area contributed by atoms with Gasteiger partial charge in [0, 0.05) is 42.9 Å². The van der Waals surface area contributed by atoms with Crippen LogP contribution in [0.25, 0.3) is 22.8 Å². The van der Waals surface area contributed by atoms with Crippen molar-refractivity contribution in [3.63, 3.8) is 0 Å². The second-order valence-electron chi connectivity index (χ2n) is 7.74. The maximum absolute atomic E-state index is 14.1. The van der Waals surface area contributed by atoms with Gasteiger partial charge in [0.25, 0.3) is 11.8 Å². The molecule has 4 aromatic rings. The topological polar surface area (TPSA) is 62.5 Å². The highest BCUT2D eigenvalue weighted by Gasteiger charge is 2.24. The van der Waals surface area contributed by atoms with Crippen molar-refractivity contribution in [2.45, 2.75) is 0 Å². The van der Waals surface area contributed by atoms with Crippen LogP contribution < -0.4 is 4.90 Å². The zero-order chi connectivity index (χ0) is 22.8. The Bertz CT molecular complexity index is 1300. The minimum atomic E-state index is -0.387. The van der Waals surface area contributed by atoms with E-state index in [0.717, 1.165) is 0 Å². The first-order chi connectivity index (χ1) is 16.1. The van der Waals surface area contributed by atoms with Gasteiger partial charge in [-0.05, 0) is 42.5 Å². The minimum absolute atomic E-state index is 0.116. The fraction of sp³-hybridized carbons (Fsp3) is 0.160. The molecule has 0 N–H and O–H groups in total. The monoisotopic (exact) mass is 446 g/mol. The molecule has 5 rings (SSSR count). The summed E-state index contributed by atoms with van der Waals surface area (Å²) in [5, 5.41) is 3.93. The molecule has 8 heteroatoms. The van der Waals surface area contributed by atoms with E-state index in [2.05, 4.69) is 10.1 Å². The standard InChI is InChI=1S/C25H20F2N4O2/c26-20-8-4-5-17(16-20)23-28-24(33-29-23)18-6-3-7-19(15-18)25(32)31-13-11-30(12-14-31)22-10-2-1-9-21(22)27/h1-10,15-16H,11-14H2. The fourth-order valence-corrected chi connectivity index (χ4v) is 3.91. The van der Waals surface area contributed by atoms with Crippen molar-refractivity contribution in [3.05, 3.63) is 90.0 Å². The lowest BCUT2D eigenvalue weighted by Gasteiger charge is -2.36. The van der Waals surface area contributed by atoms with Crippen LogP contribution in [-0.4, -0.2) is 47.1 Å². The second-order valence-corrected chi connectivity index (χ2v) is 7.74. The third-order valence-corrected chi connectivity index (χ3v) is 5.63. The Kier molecular flexibility index (Phi) is 5.56. The molecule has 0 saturated carbocycles. The van der Waals surface area contributed by atoms with Crippen LogP contribution in [0.1, 0.15) is 10.4 Å². The third-order valence-electron chi connectivity index (χ3n) is 5.63. The first-order valence-electron chi connectivity index (χ1n) is 10.6. The summed E-state index contributed by atoms with van der Waals surface area (Å²) >= 11 is 0. The molecular formula is C25H20F2N4O2. The Morgan fingerprint density at radius 3 is 2.39 bits per heavy atom. The Morgan fingerprint density at radius 2 is 1.61 bits per heavy atom. The van der Waals surface area contributed by atoms with Crippen LogP contribution in [0.3, 0.4) is 0 Å². The molecule has 0 spiro atoms. The van der Waals surface area contributed by atoms with Gasteiger partial charge in [-0.25, -0.2) is 8.78 Å². The van der Waals surface area contributed by atoms with Gasteiger partial charge in [-0.2, -0.15) is 4.98 Å². The van der Waals surface area contributed by atoms with E-state index in [9.17, 15) is 13.6 Å². The van der Waals surface area contributed by atoms with Gasteiger partial charge in [0.1, 0.15) is 11.6 Å². The predicted molar refractivity (Wildman–Crippen MR) is 120 cm³/mol. The first kappa shape index (κ1) is 20.8. The summed E-state index contributed by atoms with van der Waals surface area (Å²) in [6, 6.07) is 19.6. The molecule has 166 valence electrons. The fourth-order valence-electron chi connectivity index (χ4n) is 3.91. The molecule has 6 nitrogen and oxygen atoms in total. The molecule has 3 aromatic carbocycles. The molecule has 2 heterocycles. The highest BCUT2D eigenvalue weighted by atomic mass is 19.1. The number of nitrogens with zero attached hydrogens (tertiary/aromatic N) is 4. The third kappa shape index (κ3) is 4.32. The summed E-state index contributed by atoms with van der Waals surface area (Å²) in [5.41, 5.74) is 2.15. The number of hydrogen-bond acceptors (Lipinski definition) is 5. The number of benzene rings is 3. The molecule has 1 amide bonds. The summed E-state index contributed by atoms with van der Waals surface area (Å²) in [4.78, 5) is 21.1.